The number of alkyl carbamates (subject to hydrolysis) is 1. The SMILES string of the molecule is CC[C@@H]1C[C@]1(NC(=O)[C@@H]1C[C@@H]2CN1C(=O)[C@H](C1CCCCC1)NC(=O)[C@@H](NC(=O)OC(C)(C)C)COC/C=C/c1cc3c(nccc3cc1OC)O2)C(=O)NS(=O)(=O)C1CC1. The second-order valence-electron chi connectivity index (χ2n) is 17.9. The number of hydrogen-bond donors (Lipinski definition) is 4. The first-order chi connectivity index (χ1) is 29.0. The minimum Gasteiger partial charge on any atom is -0.496 e. The molecule has 4 bridgehead atoms. The summed E-state index contributed by atoms with van der Waals surface area (Å²) in [6.07, 6.45) is 9.10. The highest BCUT2D eigenvalue weighted by atomic mass is 32.2. The number of rotatable bonds is 9. The number of nitrogens with one attached hydrogen (secondary N) is 4. The zero-order valence-corrected chi connectivity index (χ0v) is 36.3. The highest BCUT2D eigenvalue weighted by Gasteiger charge is 2.62. The third kappa shape index (κ3) is 10.1. The minimum atomic E-state index is -3.91. The topological polar surface area (TPSA) is 221 Å². The predicted octanol–water partition coefficient (Wildman–Crippen LogP) is 3.49. The Bertz CT molecular complexity index is 2170. The van der Waals surface area contributed by atoms with Crippen molar-refractivity contribution in [2.75, 3.05) is 26.9 Å². The monoisotopic (exact) mass is 866 g/mol. The maximum Gasteiger partial charge on any atom is 0.408 e. The van der Waals surface area contributed by atoms with Crippen molar-refractivity contribution < 1.29 is 51.3 Å². The molecular weight excluding hydrogens is 809 g/mol. The molecule has 1 aromatic carbocycles. The number of benzene rings is 1. The van der Waals surface area contributed by atoms with E-state index in [0.29, 0.717) is 48.8 Å². The van der Waals surface area contributed by atoms with E-state index in [2.05, 4.69) is 25.7 Å². The summed E-state index contributed by atoms with van der Waals surface area (Å²) in [7, 11) is -2.35. The molecule has 3 heterocycles. The Kier molecular flexibility index (Phi) is 12.9. The molecule has 0 radical (unpaired) electrons. The van der Waals surface area contributed by atoms with E-state index in [9.17, 15) is 27.6 Å². The maximum atomic E-state index is 15.1. The summed E-state index contributed by atoms with van der Waals surface area (Å²) in [5.41, 5.74) is -1.66. The Morgan fingerprint density at radius 1 is 1.08 bits per heavy atom. The van der Waals surface area contributed by atoms with Gasteiger partial charge < -0.3 is 39.8 Å². The Morgan fingerprint density at radius 3 is 2.51 bits per heavy atom. The molecule has 17 nitrogen and oxygen atoms in total. The number of amides is 5. The summed E-state index contributed by atoms with van der Waals surface area (Å²) < 4.78 is 51.6. The van der Waals surface area contributed by atoms with E-state index in [1.807, 2.05) is 25.1 Å². The second kappa shape index (κ2) is 17.8. The molecule has 1 saturated heterocycles. The van der Waals surface area contributed by atoms with Gasteiger partial charge in [-0.3, -0.25) is 23.9 Å². The van der Waals surface area contributed by atoms with E-state index >= 15 is 4.79 Å². The number of carbonyl (C=O) groups is 5. The first-order valence-electron chi connectivity index (χ1n) is 21.4. The van der Waals surface area contributed by atoms with Gasteiger partial charge in [-0.15, -0.1) is 0 Å². The lowest BCUT2D eigenvalue weighted by molar-refractivity contribution is -0.144. The molecule has 2 aliphatic heterocycles. The maximum absolute atomic E-state index is 15.1. The summed E-state index contributed by atoms with van der Waals surface area (Å²) in [6, 6.07) is 1.99. The van der Waals surface area contributed by atoms with Crippen molar-refractivity contribution in [3.63, 3.8) is 0 Å². The van der Waals surface area contributed by atoms with Gasteiger partial charge in [-0.05, 0) is 88.3 Å². The number of sulfonamides is 1. The van der Waals surface area contributed by atoms with Crippen molar-refractivity contribution in [2.24, 2.45) is 11.8 Å². The van der Waals surface area contributed by atoms with Gasteiger partial charge in [-0.2, -0.15) is 0 Å². The summed E-state index contributed by atoms with van der Waals surface area (Å²) in [5, 5.41) is 9.24. The fourth-order valence-electron chi connectivity index (χ4n) is 8.76. The van der Waals surface area contributed by atoms with Crippen LogP contribution in [0.5, 0.6) is 11.6 Å². The van der Waals surface area contributed by atoms with E-state index in [-0.39, 0.29) is 50.3 Å². The van der Waals surface area contributed by atoms with Gasteiger partial charge in [0.15, 0.2) is 0 Å². The van der Waals surface area contributed by atoms with Gasteiger partial charge in [0.2, 0.25) is 33.6 Å². The predicted molar refractivity (Wildman–Crippen MR) is 224 cm³/mol. The fraction of sp³-hybridized carbons (Fsp3) is 0.628. The van der Waals surface area contributed by atoms with E-state index in [1.165, 1.54) is 4.90 Å². The van der Waals surface area contributed by atoms with Crippen LogP contribution in [-0.4, -0.2) is 116 Å². The number of ether oxygens (including phenoxy) is 4. The molecule has 3 aliphatic carbocycles. The molecule has 18 heteroatoms. The Hall–Kier alpha value is -4.97. The zero-order valence-electron chi connectivity index (χ0n) is 35.5. The van der Waals surface area contributed by atoms with Gasteiger partial charge in [0, 0.05) is 23.6 Å². The molecule has 5 amide bonds. The van der Waals surface area contributed by atoms with Crippen molar-refractivity contribution in [2.45, 2.75) is 133 Å². The van der Waals surface area contributed by atoms with E-state index < -0.39 is 80.4 Å². The van der Waals surface area contributed by atoms with Crippen molar-refractivity contribution in [1.82, 2.24) is 30.6 Å². The molecule has 5 aliphatic rings. The summed E-state index contributed by atoms with van der Waals surface area (Å²) >= 11 is 0. The fourth-order valence-corrected chi connectivity index (χ4v) is 10.1. The van der Waals surface area contributed by atoms with Gasteiger partial charge in [-0.1, -0.05) is 44.8 Å². The number of methoxy groups -OCH3 is 1. The smallest absolute Gasteiger partial charge is 0.408 e. The van der Waals surface area contributed by atoms with Crippen LogP contribution in [0.25, 0.3) is 16.8 Å². The molecule has 0 unspecified atom stereocenters. The number of nitrogens with zero attached hydrogens (tertiary/aromatic N) is 2. The Balaban J connectivity index is 1.26. The highest BCUT2D eigenvalue weighted by Crippen LogP contribution is 2.47. The van der Waals surface area contributed by atoms with E-state index in [4.69, 9.17) is 18.9 Å². The average Bonchev–Trinajstić information content (AvgIpc) is 4.15. The normalized spacial score (nSPS) is 28.1. The van der Waals surface area contributed by atoms with Crippen LogP contribution >= 0.6 is 0 Å². The van der Waals surface area contributed by atoms with Gasteiger partial charge in [0.1, 0.15) is 41.1 Å². The number of aromatic nitrogens is 1. The average molecular weight is 867 g/mol. The number of hydrogen-bond acceptors (Lipinski definition) is 12. The Morgan fingerprint density at radius 2 is 1.84 bits per heavy atom. The largest absolute Gasteiger partial charge is 0.496 e. The zero-order chi connectivity index (χ0) is 43.7. The first kappa shape index (κ1) is 44.1. The minimum absolute atomic E-state index is 0.00934. The third-order valence-electron chi connectivity index (χ3n) is 12.2. The van der Waals surface area contributed by atoms with Crippen molar-refractivity contribution >= 4 is 56.6 Å². The van der Waals surface area contributed by atoms with Gasteiger partial charge in [0.05, 0.1) is 32.1 Å². The number of carbonyl (C=O) groups excluding carboxylic acids is 5. The van der Waals surface area contributed by atoms with Crippen LogP contribution in [0.3, 0.4) is 0 Å². The van der Waals surface area contributed by atoms with Gasteiger partial charge in [-0.25, -0.2) is 18.2 Å². The van der Waals surface area contributed by atoms with Crippen LogP contribution in [0.1, 0.15) is 97.5 Å². The second-order valence-corrected chi connectivity index (χ2v) is 19.8. The molecule has 7 rings (SSSR count). The van der Waals surface area contributed by atoms with Crippen LogP contribution in [0.15, 0.2) is 30.5 Å². The molecule has 0 spiro atoms. The lowest BCUT2D eigenvalue weighted by atomic mass is 9.83. The quantitative estimate of drug-likeness (QED) is 0.285. The highest BCUT2D eigenvalue weighted by molar-refractivity contribution is 7.91. The van der Waals surface area contributed by atoms with E-state index in [1.54, 1.807) is 46.2 Å². The molecule has 1 aromatic heterocycles. The molecule has 2 aromatic rings. The number of pyridine rings is 1. The molecule has 3 saturated carbocycles. The first-order valence-corrected chi connectivity index (χ1v) is 22.9. The lowest BCUT2D eigenvalue weighted by Gasteiger charge is -2.35. The summed E-state index contributed by atoms with van der Waals surface area (Å²) in [4.78, 5) is 76.7. The summed E-state index contributed by atoms with van der Waals surface area (Å²) in [5.74, 6) is -2.41. The lowest BCUT2D eigenvalue weighted by Crippen LogP contribution is -2.61. The third-order valence-corrected chi connectivity index (χ3v) is 14.1. The molecule has 4 fully saturated rings. The molecular formula is C43H58N6O11S. The van der Waals surface area contributed by atoms with Crippen molar-refractivity contribution in [3.05, 3.63) is 36.0 Å². The Labute approximate surface area is 356 Å². The van der Waals surface area contributed by atoms with Crippen molar-refractivity contribution in [1.29, 1.82) is 0 Å². The molecule has 332 valence electrons. The van der Waals surface area contributed by atoms with Crippen LogP contribution in [-0.2, 0) is 38.7 Å². The van der Waals surface area contributed by atoms with Crippen LogP contribution in [0.4, 0.5) is 4.79 Å². The van der Waals surface area contributed by atoms with Crippen LogP contribution in [0, 0.1) is 11.8 Å². The van der Waals surface area contributed by atoms with Gasteiger partial charge in [0.25, 0.3) is 5.91 Å². The van der Waals surface area contributed by atoms with Crippen LogP contribution < -0.4 is 30.1 Å². The standard InChI is InChI=1S/C43H58N6O11S/c1-6-28-22-43(28,40(53)48-61(55,56)30-14-15-30)47-37(51)33-21-29-23-49(33)39(52)35(25-11-8-7-9-12-25)46-36(50)32(45-41(54)60-42(2,3)4)24-58-18-10-13-27-19-31-26(20-34(27)57-5)16-17-44-38(31)59-29/h10,13,16-17,19-20,25,28-30,32-33,35H,6-9,11-12,14-15,18,21-24H2,1-5H3,(H,45,54)(H,46,50)(H,47,51)(H,48,53)/b13-10+/t28-,29-,32+,33+,35+,43-/m1/s1. The molecule has 61 heavy (non-hydrogen) atoms. The molecule has 6 atom stereocenters. The van der Waals surface area contributed by atoms with Crippen LogP contribution in [0.2, 0.25) is 0 Å². The van der Waals surface area contributed by atoms with Gasteiger partial charge >= 0.3 is 6.09 Å². The van der Waals surface area contributed by atoms with E-state index in [0.717, 1.165) is 24.6 Å². The summed E-state index contributed by atoms with van der Waals surface area (Å²) in [6.45, 7) is 6.69. The number of fused-ring (bicyclic) bond motifs is 3. The van der Waals surface area contributed by atoms with Crippen molar-refractivity contribution in [3.8, 4) is 11.6 Å². The molecule has 4 N–H and O–H groups in total.